The zero-order chi connectivity index (χ0) is 23.8. The maximum absolute atomic E-state index is 4.44. The van der Waals surface area contributed by atoms with E-state index in [2.05, 4.69) is 114 Å². The normalized spacial score (nSPS) is 26.9. The lowest BCUT2D eigenvalue weighted by Gasteiger charge is -2.49. The van der Waals surface area contributed by atoms with Gasteiger partial charge < -0.3 is 0 Å². The van der Waals surface area contributed by atoms with Gasteiger partial charge in [0.25, 0.3) is 0 Å². The molecule has 0 saturated heterocycles. The highest BCUT2D eigenvalue weighted by molar-refractivity contribution is 5.85. The number of aromatic nitrogens is 1. The van der Waals surface area contributed by atoms with Gasteiger partial charge >= 0.3 is 0 Å². The molecule has 0 amide bonds. The van der Waals surface area contributed by atoms with Gasteiger partial charge in [-0.2, -0.15) is 4.57 Å². The van der Waals surface area contributed by atoms with Crippen molar-refractivity contribution >= 4 is 10.8 Å². The van der Waals surface area contributed by atoms with Crippen molar-refractivity contribution in [3.63, 3.8) is 0 Å². The summed E-state index contributed by atoms with van der Waals surface area (Å²) in [5.41, 5.74) is 7.54. The minimum atomic E-state index is -0.170. The van der Waals surface area contributed by atoms with E-state index in [4.69, 9.17) is 0 Å². The van der Waals surface area contributed by atoms with E-state index in [1.54, 1.807) is 11.1 Å². The van der Waals surface area contributed by atoms with Crippen molar-refractivity contribution in [3.8, 4) is 11.3 Å². The first kappa shape index (κ1) is 22.4. The van der Waals surface area contributed by atoms with Gasteiger partial charge in [-0.1, -0.05) is 72.4 Å². The maximum Gasteiger partial charge on any atom is 0.214 e. The minimum absolute atomic E-state index is 0.0361. The fourth-order valence-corrected chi connectivity index (χ4v) is 7.03. The number of fused-ring (bicyclic) bond motifs is 5. The summed E-state index contributed by atoms with van der Waals surface area (Å²) in [6.45, 7) is 21.4. The molecule has 1 aliphatic heterocycles. The Balaban J connectivity index is 1.97. The topological polar surface area (TPSA) is 3.88 Å². The highest BCUT2D eigenvalue weighted by atomic mass is 15.1. The molecule has 2 unspecified atom stereocenters. The van der Waals surface area contributed by atoms with Crippen molar-refractivity contribution in [1.29, 1.82) is 0 Å². The maximum atomic E-state index is 4.44. The van der Waals surface area contributed by atoms with Crippen LogP contribution in [-0.4, -0.2) is 0 Å². The van der Waals surface area contributed by atoms with Crippen LogP contribution in [0.25, 0.3) is 22.0 Å². The van der Waals surface area contributed by atoms with Crippen molar-refractivity contribution in [2.45, 2.75) is 95.9 Å². The molecule has 2 aliphatic rings. The van der Waals surface area contributed by atoms with Crippen molar-refractivity contribution in [2.24, 2.45) is 0 Å². The Bertz CT molecular complexity index is 1280. The Morgan fingerprint density at radius 3 is 2.00 bits per heavy atom. The van der Waals surface area contributed by atoms with Crippen LogP contribution in [0.4, 0.5) is 0 Å². The van der Waals surface area contributed by atoms with Crippen molar-refractivity contribution in [1.82, 2.24) is 0 Å². The Kier molecular flexibility index (Phi) is 4.78. The first-order valence-electron chi connectivity index (χ1n) is 12.8. The molecular weight excluding hydrogens is 398 g/mol. The molecule has 1 nitrogen and oxygen atoms in total. The Hall–Kier alpha value is -2.41. The summed E-state index contributed by atoms with van der Waals surface area (Å²) in [5.74, 6) is 0. The third-order valence-electron chi connectivity index (χ3n) is 9.65. The summed E-state index contributed by atoms with van der Waals surface area (Å²) in [7, 11) is 0. The fraction of sp³-hybridized carbons (Fsp3) is 0.469. The van der Waals surface area contributed by atoms with E-state index in [1.807, 2.05) is 0 Å². The smallest absolute Gasteiger partial charge is 0.188 e. The van der Waals surface area contributed by atoms with Crippen LogP contribution in [0.3, 0.4) is 0 Å². The summed E-state index contributed by atoms with van der Waals surface area (Å²) in [5, 5.41) is 2.60. The zero-order valence-corrected chi connectivity index (χ0v) is 21.7. The van der Waals surface area contributed by atoms with Crippen LogP contribution in [0.2, 0.25) is 0 Å². The monoisotopic (exact) mass is 438 g/mol. The summed E-state index contributed by atoms with van der Waals surface area (Å²) >= 11 is 0. The van der Waals surface area contributed by atoms with Crippen molar-refractivity contribution < 1.29 is 4.57 Å². The zero-order valence-electron chi connectivity index (χ0n) is 21.7. The number of hydrogen-bond donors (Lipinski definition) is 0. The second kappa shape index (κ2) is 7.05. The van der Waals surface area contributed by atoms with Crippen LogP contribution in [0.15, 0.2) is 61.3 Å². The summed E-state index contributed by atoms with van der Waals surface area (Å²) in [4.78, 5) is 0. The second-order valence-electron chi connectivity index (χ2n) is 12.0. The van der Waals surface area contributed by atoms with E-state index < -0.39 is 0 Å². The molecule has 0 N–H and O–H groups in total. The predicted molar refractivity (Wildman–Crippen MR) is 141 cm³/mol. The summed E-state index contributed by atoms with van der Waals surface area (Å²) in [6, 6.07) is 16.4. The van der Waals surface area contributed by atoms with Crippen LogP contribution in [0.1, 0.15) is 90.8 Å². The largest absolute Gasteiger partial charge is 0.214 e. The van der Waals surface area contributed by atoms with Gasteiger partial charge in [-0.3, -0.25) is 0 Å². The van der Waals surface area contributed by atoms with Gasteiger partial charge in [0.15, 0.2) is 11.7 Å². The number of hydrogen-bond acceptors (Lipinski definition) is 0. The quantitative estimate of drug-likeness (QED) is 0.287. The molecule has 0 fully saturated rings. The summed E-state index contributed by atoms with van der Waals surface area (Å²) in [6.07, 6.45) is 9.20. The average Bonchev–Trinajstić information content (AvgIpc) is 2.81. The molecular formula is C32H40N+. The number of allylic oxidation sites excluding steroid dienone is 1. The first-order valence-corrected chi connectivity index (χ1v) is 12.8. The molecule has 3 aromatic rings. The predicted octanol–water partition coefficient (Wildman–Crippen LogP) is 8.12. The molecule has 2 aromatic carbocycles. The van der Waals surface area contributed by atoms with E-state index in [0.717, 1.165) is 12.8 Å². The van der Waals surface area contributed by atoms with Gasteiger partial charge in [-0.15, -0.1) is 0 Å². The molecule has 1 heteroatoms. The van der Waals surface area contributed by atoms with Gasteiger partial charge in [-0.05, 0) is 77.3 Å². The minimum Gasteiger partial charge on any atom is -0.188 e. The van der Waals surface area contributed by atoms with Gasteiger partial charge in [0.2, 0.25) is 5.69 Å². The highest BCUT2D eigenvalue weighted by Gasteiger charge is 2.58. The molecule has 2 atom stereocenters. The second-order valence-corrected chi connectivity index (χ2v) is 12.0. The lowest BCUT2D eigenvalue weighted by Crippen LogP contribution is -2.68. The van der Waals surface area contributed by atoms with E-state index in [1.165, 1.54) is 40.4 Å². The summed E-state index contributed by atoms with van der Waals surface area (Å²) < 4.78 is 2.57. The molecule has 5 rings (SSSR count). The lowest BCUT2D eigenvalue weighted by atomic mass is 9.56. The Labute approximate surface area is 200 Å². The standard InChI is InChI=1S/C32H40N/c1-9-31(8)25-20-27-26(29(4,5)16-17-30(27,6)7)19-24(25)28-18-22-14-12-13-15-23(22)21-33(28)32(31,10-2)11-3/h10,12-15,18-21H,2,9,11,16-17H2,1,3-8H3/q+1. The van der Waals surface area contributed by atoms with Gasteiger partial charge in [0, 0.05) is 17.9 Å². The lowest BCUT2D eigenvalue weighted by molar-refractivity contribution is -0.755. The number of pyridine rings is 1. The van der Waals surface area contributed by atoms with E-state index in [0.29, 0.717) is 0 Å². The fourth-order valence-electron chi connectivity index (χ4n) is 7.03. The van der Waals surface area contributed by atoms with Gasteiger partial charge in [-0.25, -0.2) is 0 Å². The van der Waals surface area contributed by atoms with Gasteiger partial charge in [0.05, 0.1) is 11.0 Å². The molecule has 33 heavy (non-hydrogen) atoms. The molecule has 172 valence electrons. The molecule has 1 aliphatic carbocycles. The Morgan fingerprint density at radius 1 is 0.818 bits per heavy atom. The number of nitrogens with zero attached hydrogens (tertiary/aromatic N) is 1. The van der Waals surface area contributed by atoms with Crippen LogP contribution in [-0.2, 0) is 21.8 Å². The van der Waals surface area contributed by atoms with Crippen LogP contribution in [0.5, 0.6) is 0 Å². The molecule has 0 bridgehead atoms. The molecule has 0 spiro atoms. The molecule has 0 radical (unpaired) electrons. The molecule has 2 heterocycles. The van der Waals surface area contributed by atoms with E-state index in [-0.39, 0.29) is 21.8 Å². The third-order valence-corrected chi connectivity index (χ3v) is 9.65. The van der Waals surface area contributed by atoms with Crippen molar-refractivity contribution in [3.05, 3.63) is 78.0 Å². The van der Waals surface area contributed by atoms with Crippen LogP contribution < -0.4 is 4.57 Å². The van der Waals surface area contributed by atoms with E-state index >= 15 is 0 Å². The molecule has 0 saturated carbocycles. The number of rotatable bonds is 3. The Morgan fingerprint density at radius 2 is 1.42 bits per heavy atom. The van der Waals surface area contributed by atoms with E-state index in [9.17, 15) is 0 Å². The van der Waals surface area contributed by atoms with Crippen LogP contribution in [0, 0.1) is 0 Å². The SMILES string of the molecule is C=CC1(CC)[n+]2cc3ccccc3cc2-c2cc3c(cc2C1(C)CC)C(C)(C)CCC3(C)C. The number of benzene rings is 2. The van der Waals surface area contributed by atoms with Crippen molar-refractivity contribution in [2.75, 3.05) is 0 Å². The first-order chi connectivity index (χ1) is 15.5. The van der Waals surface area contributed by atoms with Gasteiger partial charge in [0.1, 0.15) is 0 Å². The third kappa shape index (κ3) is 2.81. The molecule has 1 aromatic heterocycles. The highest BCUT2D eigenvalue weighted by Crippen LogP contribution is 2.55. The van der Waals surface area contributed by atoms with Crippen LogP contribution >= 0.6 is 0 Å². The average molecular weight is 439 g/mol.